The van der Waals surface area contributed by atoms with Gasteiger partial charge in [-0.2, -0.15) is 0 Å². The monoisotopic (exact) mass is 344 g/mol. The second-order valence-electron chi connectivity index (χ2n) is 5.93. The molecule has 0 bridgehead atoms. The number of methoxy groups -OCH3 is 1. The number of benzene rings is 1. The van der Waals surface area contributed by atoms with Crippen molar-refractivity contribution in [1.29, 1.82) is 0 Å². The van der Waals surface area contributed by atoms with Gasteiger partial charge in [0.25, 0.3) is 0 Å². The van der Waals surface area contributed by atoms with E-state index < -0.39 is 0 Å². The van der Waals surface area contributed by atoms with Gasteiger partial charge in [0.1, 0.15) is 11.6 Å². The summed E-state index contributed by atoms with van der Waals surface area (Å²) in [7, 11) is 5.34. The molecule has 134 valence electrons. The minimum absolute atomic E-state index is 0.233. The van der Waals surface area contributed by atoms with Crippen LogP contribution in [0.3, 0.4) is 0 Å². The molecule has 0 saturated carbocycles. The minimum Gasteiger partial charge on any atom is -0.496 e. The Bertz CT molecular complexity index is 744. The fourth-order valence-electron chi connectivity index (χ4n) is 2.74. The third-order valence-electron chi connectivity index (χ3n) is 4.07. The van der Waals surface area contributed by atoms with E-state index in [0.717, 1.165) is 34.1 Å². The predicted molar refractivity (Wildman–Crippen MR) is 98.3 cm³/mol. The molecule has 2 rings (SSSR count). The molecule has 0 amide bonds. The van der Waals surface area contributed by atoms with Gasteiger partial charge in [0.15, 0.2) is 5.96 Å². The van der Waals surface area contributed by atoms with Crippen molar-refractivity contribution in [3.63, 3.8) is 0 Å². The highest BCUT2D eigenvalue weighted by Gasteiger charge is 2.12. The Morgan fingerprint density at radius 2 is 1.96 bits per heavy atom. The zero-order valence-corrected chi connectivity index (χ0v) is 15.4. The Morgan fingerprint density at radius 1 is 1.28 bits per heavy atom. The molecule has 0 atom stereocenters. The Morgan fingerprint density at radius 3 is 2.56 bits per heavy atom. The van der Waals surface area contributed by atoms with Crippen LogP contribution >= 0.6 is 0 Å². The maximum Gasteiger partial charge on any atom is 0.194 e. The van der Waals surface area contributed by atoms with Crippen LogP contribution in [0.2, 0.25) is 0 Å². The van der Waals surface area contributed by atoms with E-state index in [4.69, 9.17) is 4.74 Å². The molecule has 1 heterocycles. The zero-order valence-electron chi connectivity index (χ0n) is 15.4. The number of ether oxygens (including phenoxy) is 1. The third kappa shape index (κ3) is 4.68. The Labute approximate surface area is 148 Å². The van der Waals surface area contributed by atoms with Crippen LogP contribution in [0, 0.1) is 19.7 Å². The Balaban J connectivity index is 2.04. The highest BCUT2D eigenvalue weighted by atomic mass is 19.1. The summed E-state index contributed by atoms with van der Waals surface area (Å²) in [6, 6.07) is 6.47. The number of pyridine rings is 1. The lowest BCUT2D eigenvalue weighted by atomic mass is 10.1. The number of rotatable bonds is 5. The maximum absolute atomic E-state index is 13.0. The van der Waals surface area contributed by atoms with Crippen LogP contribution in [0.5, 0.6) is 5.75 Å². The molecule has 0 radical (unpaired) electrons. The Kier molecular flexibility index (Phi) is 6.33. The predicted octanol–water partition coefficient (Wildman–Crippen LogP) is 3.05. The van der Waals surface area contributed by atoms with Gasteiger partial charge in [-0.3, -0.25) is 9.98 Å². The van der Waals surface area contributed by atoms with Gasteiger partial charge in [-0.1, -0.05) is 12.1 Å². The average Bonchev–Trinajstić information content (AvgIpc) is 2.59. The minimum atomic E-state index is -0.233. The van der Waals surface area contributed by atoms with Crippen LogP contribution in [0.15, 0.2) is 35.5 Å². The number of nitrogens with one attached hydrogen (secondary N) is 1. The molecule has 1 N–H and O–H groups in total. The van der Waals surface area contributed by atoms with Gasteiger partial charge < -0.3 is 15.0 Å². The van der Waals surface area contributed by atoms with Crippen molar-refractivity contribution in [2.45, 2.75) is 26.9 Å². The lowest BCUT2D eigenvalue weighted by Gasteiger charge is -2.22. The first-order valence-electron chi connectivity index (χ1n) is 8.11. The van der Waals surface area contributed by atoms with E-state index in [-0.39, 0.29) is 5.82 Å². The first kappa shape index (κ1) is 18.7. The van der Waals surface area contributed by atoms with Crippen LogP contribution in [0.25, 0.3) is 0 Å². The summed E-state index contributed by atoms with van der Waals surface area (Å²) >= 11 is 0. The van der Waals surface area contributed by atoms with Crippen LogP contribution in [-0.4, -0.2) is 37.0 Å². The van der Waals surface area contributed by atoms with Gasteiger partial charge in [-0.25, -0.2) is 4.39 Å². The number of hydrogen-bond acceptors (Lipinski definition) is 3. The molecule has 0 spiro atoms. The number of guanidine groups is 1. The van der Waals surface area contributed by atoms with Crippen molar-refractivity contribution in [3.05, 3.63) is 58.7 Å². The van der Waals surface area contributed by atoms with E-state index in [1.165, 1.54) is 12.1 Å². The van der Waals surface area contributed by atoms with Gasteiger partial charge in [0, 0.05) is 38.0 Å². The highest BCUT2D eigenvalue weighted by molar-refractivity contribution is 5.79. The second-order valence-corrected chi connectivity index (χ2v) is 5.93. The number of aryl methyl sites for hydroxylation is 1. The highest BCUT2D eigenvalue weighted by Crippen LogP contribution is 2.23. The molecule has 0 unspecified atom stereocenters. The van der Waals surface area contributed by atoms with Crippen molar-refractivity contribution >= 4 is 5.96 Å². The molecule has 0 aliphatic carbocycles. The summed E-state index contributed by atoms with van der Waals surface area (Å²) in [4.78, 5) is 10.8. The van der Waals surface area contributed by atoms with Gasteiger partial charge in [0.2, 0.25) is 0 Å². The summed E-state index contributed by atoms with van der Waals surface area (Å²) < 4.78 is 18.5. The molecular weight excluding hydrogens is 319 g/mol. The molecule has 0 saturated heterocycles. The van der Waals surface area contributed by atoms with Crippen LogP contribution in [-0.2, 0) is 13.1 Å². The third-order valence-corrected chi connectivity index (χ3v) is 4.07. The van der Waals surface area contributed by atoms with E-state index >= 15 is 0 Å². The summed E-state index contributed by atoms with van der Waals surface area (Å²) in [6.45, 7) is 5.15. The van der Waals surface area contributed by atoms with Crippen LogP contribution < -0.4 is 10.1 Å². The molecule has 1 aromatic heterocycles. The number of nitrogens with zero attached hydrogens (tertiary/aromatic N) is 3. The van der Waals surface area contributed by atoms with E-state index in [2.05, 4.69) is 15.3 Å². The molecular formula is C19H25FN4O. The average molecular weight is 344 g/mol. The normalized spacial score (nSPS) is 11.4. The number of halogens is 1. The molecule has 1 aromatic carbocycles. The fourth-order valence-corrected chi connectivity index (χ4v) is 2.74. The SMILES string of the molecule is CN=C(NCc1ncc(C)c(OC)c1C)N(C)Cc1ccc(F)cc1. The quantitative estimate of drug-likeness (QED) is 0.669. The number of aliphatic imine (C=N–C) groups is 1. The molecule has 0 aliphatic rings. The van der Waals surface area contributed by atoms with Crippen LogP contribution in [0.4, 0.5) is 4.39 Å². The van der Waals surface area contributed by atoms with Crippen molar-refractivity contribution in [1.82, 2.24) is 15.2 Å². The van der Waals surface area contributed by atoms with E-state index in [9.17, 15) is 4.39 Å². The van der Waals surface area contributed by atoms with E-state index in [0.29, 0.717) is 13.1 Å². The molecule has 25 heavy (non-hydrogen) atoms. The van der Waals surface area contributed by atoms with Crippen LogP contribution in [0.1, 0.15) is 22.4 Å². The van der Waals surface area contributed by atoms with Gasteiger partial charge in [-0.05, 0) is 31.5 Å². The van der Waals surface area contributed by atoms with Gasteiger partial charge >= 0.3 is 0 Å². The summed E-state index contributed by atoms with van der Waals surface area (Å²) in [5.74, 6) is 1.37. The molecule has 0 aliphatic heterocycles. The summed E-state index contributed by atoms with van der Waals surface area (Å²) in [5, 5.41) is 3.31. The topological polar surface area (TPSA) is 49.8 Å². The fraction of sp³-hybridized carbons (Fsp3) is 0.368. The van der Waals surface area contributed by atoms with E-state index in [1.807, 2.05) is 32.0 Å². The standard InChI is InChI=1S/C19H25FN4O/c1-13-10-22-17(14(2)18(13)25-5)11-23-19(21-3)24(4)12-15-6-8-16(20)9-7-15/h6-10H,11-12H2,1-5H3,(H,21,23). The molecule has 0 fully saturated rings. The molecule has 6 heteroatoms. The smallest absolute Gasteiger partial charge is 0.194 e. The number of aromatic nitrogens is 1. The maximum atomic E-state index is 13.0. The number of hydrogen-bond donors (Lipinski definition) is 1. The summed E-state index contributed by atoms with van der Waals surface area (Å²) in [5.41, 5.74) is 3.96. The summed E-state index contributed by atoms with van der Waals surface area (Å²) in [6.07, 6.45) is 1.81. The van der Waals surface area contributed by atoms with E-state index in [1.54, 1.807) is 26.3 Å². The first-order valence-corrected chi connectivity index (χ1v) is 8.11. The van der Waals surface area contributed by atoms with Crippen molar-refractivity contribution < 1.29 is 9.13 Å². The second kappa shape index (κ2) is 8.46. The van der Waals surface area contributed by atoms with Crippen molar-refractivity contribution in [2.24, 2.45) is 4.99 Å². The van der Waals surface area contributed by atoms with Crippen molar-refractivity contribution in [3.8, 4) is 5.75 Å². The largest absolute Gasteiger partial charge is 0.496 e. The van der Waals surface area contributed by atoms with Gasteiger partial charge in [0.05, 0.1) is 19.3 Å². The lowest BCUT2D eigenvalue weighted by molar-refractivity contribution is 0.406. The first-order chi connectivity index (χ1) is 12.0. The van der Waals surface area contributed by atoms with Crippen molar-refractivity contribution in [2.75, 3.05) is 21.2 Å². The van der Waals surface area contributed by atoms with Gasteiger partial charge in [-0.15, -0.1) is 0 Å². The Hall–Kier alpha value is -2.63. The zero-order chi connectivity index (χ0) is 18.4. The molecule has 2 aromatic rings. The lowest BCUT2D eigenvalue weighted by Crippen LogP contribution is -2.38. The molecule has 5 nitrogen and oxygen atoms in total.